The van der Waals surface area contributed by atoms with Gasteiger partial charge >= 0.3 is 0 Å². The Labute approximate surface area is 195 Å². The molecule has 4 rings (SSSR count). The second-order valence-electron chi connectivity index (χ2n) is 8.40. The van der Waals surface area contributed by atoms with Crippen LogP contribution in [0.1, 0.15) is 37.6 Å². The molecule has 0 unspecified atom stereocenters. The van der Waals surface area contributed by atoms with Gasteiger partial charge in [-0.05, 0) is 5.56 Å². The second kappa shape index (κ2) is 9.18. The van der Waals surface area contributed by atoms with Crippen molar-refractivity contribution < 1.29 is 0 Å². The zero-order valence-corrected chi connectivity index (χ0v) is 19.3. The Bertz CT molecular complexity index is 1390. The third-order valence-corrected chi connectivity index (χ3v) is 5.78. The molecule has 0 saturated heterocycles. The summed E-state index contributed by atoms with van der Waals surface area (Å²) < 4.78 is 0. The van der Waals surface area contributed by atoms with Gasteiger partial charge in [0.2, 0.25) is 5.95 Å². The fraction of sp³-hybridized carbons (Fsp3) is 0.160. The van der Waals surface area contributed by atoms with Crippen LogP contribution in [0.2, 0.25) is 0 Å². The maximum absolute atomic E-state index is 12.3. The number of H-pyrrole nitrogens is 1. The topological polar surface area (TPSA) is 107 Å². The van der Waals surface area contributed by atoms with Crippen LogP contribution in [0.5, 0.6) is 0 Å². The Balaban J connectivity index is 1.51. The zero-order valence-electron chi connectivity index (χ0n) is 18.5. The van der Waals surface area contributed by atoms with Gasteiger partial charge in [0.1, 0.15) is 16.6 Å². The van der Waals surface area contributed by atoms with Crippen molar-refractivity contribution >= 4 is 23.5 Å². The van der Waals surface area contributed by atoms with Crippen molar-refractivity contribution in [2.24, 2.45) is 5.10 Å². The highest BCUT2D eigenvalue weighted by Crippen LogP contribution is 2.29. The summed E-state index contributed by atoms with van der Waals surface area (Å²) in [5.74, 6) is 0.156. The maximum Gasteiger partial charge on any atom is 0.270 e. The van der Waals surface area contributed by atoms with Crippen LogP contribution < -0.4 is 11.0 Å². The number of aromatic amines is 1. The van der Waals surface area contributed by atoms with Gasteiger partial charge in [-0.25, -0.2) is 15.4 Å². The van der Waals surface area contributed by atoms with Gasteiger partial charge in [-0.1, -0.05) is 75.4 Å². The van der Waals surface area contributed by atoms with Gasteiger partial charge in [-0.15, -0.1) is 11.3 Å². The smallest absolute Gasteiger partial charge is 0.270 e. The van der Waals surface area contributed by atoms with Gasteiger partial charge < -0.3 is 0 Å². The minimum absolute atomic E-state index is 0.0217. The number of benzene rings is 2. The summed E-state index contributed by atoms with van der Waals surface area (Å²) in [6, 6.07) is 18.9. The highest BCUT2D eigenvalue weighted by Gasteiger charge is 2.18. The molecule has 2 heterocycles. The summed E-state index contributed by atoms with van der Waals surface area (Å²) in [7, 11) is 0. The summed E-state index contributed by atoms with van der Waals surface area (Å²) in [5, 5.41) is 16.6. The standard InChI is InChI=1S/C25H22N6OS/c1-25(2,3)20-15-33-23(28-20)18-11-9-16(10-12-18)14-27-31-24-29-21(17-7-5-4-6-8-17)19(13-26)22(32)30-24/h4-12,14-15H,1-3H3,(H2,29,30,31,32). The summed E-state index contributed by atoms with van der Waals surface area (Å²) in [4.78, 5) is 24.0. The van der Waals surface area contributed by atoms with Crippen molar-refractivity contribution in [1.29, 1.82) is 5.26 Å². The van der Waals surface area contributed by atoms with Gasteiger partial charge in [0.05, 0.1) is 17.6 Å². The Hall–Kier alpha value is -4.09. The molecule has 0 atom stereocenters. The molecule has 0 saturated carbocycles. The molecule has 0 aliphatic heterocycles. The van der Waals surface area contributed by atoms with Crippen LogP contribution in [-0.4, -0.2) is 21.2 Å². The number of rotatable bonds is 5. The van der Waals surface area contributed by atoms with Crippen LogP contribution in [0.4, 0.5) is 5.95 Å². The normalized spacial score (nSPS) is 11.5. The predicted octanol–water partition coefficient (Wildman–Crippen LogP) is 5.18. The number of nitrogens with one attached hydrogen (secondary N) is 2. The lowest BCUT2D eigenvalue weighted by Crippen LogP contribution is -2.16. The van der Waals surface area contributed by atoms with E-state index in [1.807, 2.05) is 48.5 Å². The van der Waals surface area contributed by atoms with Crippen molar-refractivity contribution in [3.05, 3.63) is 87.2 Å². The van der Waals surface area contributed by atoms with E-state index in [1.165, 1.54) is 0 Å². The third kappa shape index (κ3) is 5.05. The van der Waals surface area contributed by atoms with Crippen LogP contribution in [-0.2, 0) is 5.41 Å². The monoisotopic (exact) mass is 454 g/mol. The van der Waals surface area contributed by atoms with E-state index >= 15 is 0 Å². The summed E-state index contributed by atoms with van der Waals surface area (Å²) in [6.07, 6.45) is 1.63. The first kappa shape index (κ1) is 22.1. The molecule has 0 bridgehead atoms. The van der Waals surface area contributed by atoms with E-state index in [-0.39, 0.29) is 16.9 Å². The largest absolute Gasteiger partial charge is 0.290 e. The van der Waals surface area contributed by atoms with Gasteiger partial charge in [-0.2, -0.15) is 10.4 Å². The van der Waals surface area contributed by atoms with E-state index in [2.05, 4.69) is 46.6 Å². The van der Waals surface area contributed by atoms with Crippen LogP contribution in [0, 0.1) is 11.3 Å². The Morgan fingerprint density at radius 1 is 1.06 bits per heavy atom. The van der Waals surface area contributed by atoms with Gasteiger partial charge in [0, 0.05) is 21.9 Å². The number of hydrazone groups is 1. The molecular weight excluding hydrogens is 432 g/mol. The van der Waals surface area contributed by atoms with Crippen LogP contribution in [0.25, 0.3) is 21.8 Å². The van der Waals surface area contributed by atoms with E-state index in [4.69, 9.17) is 4.98 Å². The second-order valence-corrected chi connectivity index (χ2v) is 9.25. The number of hydrogen-bond donors (Lipinski definition) is 2. The van der Waals surface area contributed by atoms with E-state index < -0.39 is 5.56 Å². The number of hydrogen-bond acceptors (Lipinski definition) is 7. The number of aromatic nitrogens is 3. The first-order chi connectivity index (χ1) is 15.8. The molecule has 0 aliphatic rings. The summed E-state index contributed by atoms with van der Waals surface area (Å²) >= 11 is 1.63. The summed E-state index contributed by atoms with van der Waals surface area (Å²) in [5.41, 5.74) is 6.19. The molecule has 0 spiro atoms. The lowest BCUT2D eigenvalue weighted by molar-refractivity contribution is 0.573. The van der Waals surface area contributed by atoms with E-state index in [0.717, 1.165) is 21.8 Å². The molecular formula is C25H22N6OS. The van der Waals surface area contributed by atoms with E-state index in [1.54, 1.807) is 29.7 Å². The Kier molecular flexibility index (Phi) is 6.16. The fourth-order valence-corrected chi connectivity index (χ4v) is 4.12. The molecule has 0 radical (unpaired) electrons. The molecule has 0 fully saturated rings. The highest BCUT2D eigenvalue weighted by molar-refractivity contribution is 7.13. The molecule has 4 aromatic rings. The van der Waals surface area contributed by atoms with Crippen molar-refractivity contribution in [1.82, 2.24) is 15.0 Å². The minimum atomic E-state index is -0.522. The highest BCUT2D eigenvalue weighted by atomic mass is 32.1. The lowest BCUT2D eigenvalue weighted by atomic mass is 9.93. The lowest BCUT2D eigenvalue weighted by Gasteiger charge is -2.14. The molecule has 0 amide bonds. The molecule has 33 heavy (non-hydrogen) atoms. The average molecular weight is 455 g/mol. The molecule has 2 aromatic carbocycles. The van der Waals surface area contributed by atoms with Crippen LogP contribution in [0.15, 0.2) is 69.9 Å². The Morgan fingerprint density at radius 2 is 1.79 bits per heavy atom. The first-order valence-corrected chi connectivity index (χ1v) is 11.2. The van der Waals surface area contributed by atoms with Crippen molar-refractivity contribution in [2.45, 2.75) is 26.2 Å². The van der Waals surface area contributed by atoms with Gasteiger partial charge in [0.15, 0.2) is 0 Å². The molecule has 7 nitrogen and oxygen atoms in total. The van der Waals surface area contributed by atoms with E-state index in [9.17, 15) is 10.1 Å². The predicted molar refractivity (Wildman–Crippen MR) is 132 cm³/mol. The van der Waals surface area contributed by atoms with Crippen molar-refractivity contribution in [2.75, 3.05) is 5.43 Å². The van der Waals surface area contributed by atoms with Crippen molar-refractivity contribution in [3.8, 4) is 27.9 Å². The molecule has 2 N–H and O–H groups in total. The molecule has 2 aromatic heterocycles. The van der Waals surface area contributed by atoms with Crippen molar-refractivity contribution in [3.63, 3.8) is 0 Å². The van der Waals surface area contributed by atoms with Gasteiger partial charge in [0.25, 0.3) is 5.56 Å². The fourth-order valence-electron chi connectivity index (χ4n) is 3.07. The minimum Gasteiger partial charge on any atom is -0.290 e. The van der Waals surface area contributed by atoms with Gasteiger partial charge in [-0.3, -0.25) is 9.78 Å². The molecule has 0 aliphatic carbocycles. The molecule has 8 heteroatoms. The SMILES string of the molecule is CC(C)(C)c1csc(-c2ccc(C=NNc3nc(-c4ccccc4)c(C#N)c(=O)[nH]3)cc2)n1. The van der Waals surface area contributed by atoms with Crippen LogP contribution >= 0.6 is 11.3 Å². The Morgan fingerprint density at radius 3 is 2.42 bits per heavy atom. The van der Waals surface area contributed by atoms with E-state index in [0.29, 0.717) is 11.3 Å². The number of thiazole rings is 1. The number of nitriles is 1. The average Bonchev–Trinajstić information content (AvgIpc) is 3.31. The first-order valence-electron chi connectivity index (χ1n) is 10.3. The quantitative estimate of drug-likeness (QED) is 0.319. The molecule has 164 valence electrons. The number of anilines is 1. The third-order valence-electron chi connectivity index (χ3n) is 4.89. The summed E-state index contributed by atoms with van der Waals surface area (Å²) in [6.45, 7) is 6.45. The zero-order chi connectivity index (χ0) is 23.4. The number of nitrogens with zero attached hydrogens (tertiary/aromatic N) is 4. The maximum atomic E-state index is 12.3. The van der Waals surface area contributed by atoms with Crippen LogP contribution in [0.3, 0.4) is 0 Å².